The van der Waals surface area contributed by atoms with E-state index in [1.54, 1.807) is 0 Å². The van der Waals surface area contributed by atoms with Crippen LogP contribution in [-0.2, 0) is 65.0 Å². The van der Waals surface area contributed by atoms with Gasteiger partial charge in [-0.15, -0.1) is 17.9 Å². The van der Waals surface area contributed by atoms with Gasteiger partial charge < -0.3 is 15.2 Å². The summed E-state index contributed by atoms with van der Waals surface area (Å²) in [6, 6.07) is 0. The van der Waals surface area contributed by atoms with Crippen LogP contribution in [0.1, 0.15) is 21.9 Å². The summed E-state index contributed by atoms with van der Waals surface area (Å²) in [4.78, 5) is 24.2. The van der Waals surface area contributed by atoms with Gasteiger partial charge in [-0.3, -0.25) is 0 Å². The van der Waals surface area contributed by atoms with Gasteiger partial charge in [0.25, 0.3) is 0 Å². The van der Waals surface area contributed by atoms with Gasteiger partial charge in [0.05, 0.1) is 5.01 Å². The van der Waals surface area contributed by atoms with E-state index in [-0.39, 0.29) is 59.5 Å². The summed E-state index contributed by atoms with van der Waals surface area (Å²) in [6.45, 7) is 0.464. The fourth-order valence-corrected chi connectivity index (χ4v) is 1.71. The van der Waals surface area contributed by atoms with E-state index in [1.165, 1.54) is 16.7 Å². The van der Waals surface area contributed by atoms with Crippen molar-refractivity contribution in [2.75, 3.05) is 6.54 Å². The summed E-state index contributed by atoms with van der Waals surface area (Å²) in [6.07, 6.45) is 1.89. The molecule has 0 aromatic carbocycles. The molecule has 16 heavy (non-hydrogen) atoms. The van der Waals surface area contributed by atoms with Gasteiger partial charge in [-0.05, 0) is 6.42 Å². The zero-order valence-electron chi connectivity index (χ0n) is 8.33. The van der Waals surface area contributed by atoms with Gasteiger partial charge in [0.2, 0.25) is 0 Å². The van der Waals surface area contributed by atoms with E-state index >= 15 is 0 Å². The maximum atomic E-state index is 10.5. The van der Waals surface area contributed by atoms with E-state index in [1.807, 2.05) is 0 Å². The third-order valence-corrected chi connectivity index (χ3v) is 2.43. The fourth-order valence-electron chi connectivity index (χ4n) is 0.898. The molecule has 0 saturated carbocycles. The Bertz CT molecular complexity index is 335. The number of carboxylic acids is 1. The van der Waals surface area contributed by atoms with Crippen molar-refractivity contribution in [3.05, 3.63) is 21.4 Å². The van der Waals surface area contributed by atoms with Gasteiger partial charge in [0, 0.05) is 65.6 Å². The van der Waals surface area contributed by atoms with E-state index in [4.69, 9.17) is 5.11 Å². The largest absolute Gasteiger partial charge is 0.656 e. The number of rotatable bonds is 6. The molecule has 0 fully saturated rings. The van der Waals surface area contributed by atoms with E-state index < -0.39 is 5.97 Å². The second kappa shape index (κ2) is 10.5. The Morgan fingerprint density at radius 3 is 2.81 bits per heavy atom. The zero-order chi connectivity index (χ0) is 10.4. The molecule has 1 aromatic heterocycles. The van der Waals surface area contributed by atoms with Crippen LogP contribution in [0.4, 0.5) is 0 Å². The summed E-state index contributed by atoms with van der Waals surface area (Å²) >= 11 is 1.31. The summed E-state index contributed by atoms with van der Waals surface area (Å²) < 4.78 is 0. The molecule has 1 N–H and O–H groups in total. The topological polar surface area (TPSA) is 81.4 Å². The minimum Gasteiger partial charge on any atom is -0.656 e. The molecule has 1 rings (SSSR count). The summed E-state index contributed by atoms with van der Waals surface area (Å²) in [5.74, 6) is -1.01. The molecule has 0 aliphatic carbocycles. The van der Waals surface area contributed by atoms with Gasteiger partial charge in [-0.1, -0.05) is 6.42 Å². The quantitative estimate of drug-likeness (QED) is 0.486. The van der Waals surface area contributed by atoms with Crippen molar-refractivity contribution in [2.45, 2.75) is 12.8 Å². The van der Waals surface area contributed by atoms with Crippen LogP contribution in [0.5, 0.6) is 0 Å². The van der Waals surface area contributed by atoms with Crippen LogP contribution >= 0.6 is 11.3 Å². The van der Waals surface area contributed by atoms with Crippen molar-refractivity contribution in [2.24, 2.45) is 0 Å². The molecule has 0 unspecified atom stereocenters. The molecule has 8 heteroatoms. The molecule has 1 amide bonds. The number of aromatic nitrogens is 1. The van der Waals surface area contributed by atoms with Crippen LogP contribution < -0.4 is 0 Å². The number of hydrogen-bond donors (Lipinski definition) is 1. The Hall–Kier alpha value is 0.362. The number of nitrogens with zero attached hydrogens (tertiary/aromatic N) is 2. The van der Waals surface area contributed by atoms with E-state index in [0.717, 1.165) is 5.01 Å². The van der Waals surface area contributed by atoms with E-state index in [2.05, 4.69) is 10.3 Å². The summed E-state index contributed by atoms with van der Waals surface area (Å²) in [5.41, 5.74) is 0.0809. The third kappa shape index (κ3) is 6.84. The molecule has 0 bridgehead atoms. The monoisotopic (exact) mass is 486 g/mol. The van der Waals surface area contributed by atoms with Crippen molar-refractivity contribution in [1.29, 1.82) is 0 Å². The number of carbonyl (C=O) groups is 2. The molecule has 5 nitrogen and oxygen atoms in total. The van der Waals surface area contributed by atoms with E-state index in [0.29, 0.717) is 25.8 Å². The van der Waals surface area contributed by atoms with Crippen molar-refractivity contribution in [3.63, 3.8) is 0 Å². The maximum Gasteiger partial charge on any atom is 0.355 e. The number of thiazole rings is 1. The van der Waals surface area contributed by atoms with Gasteiger partial charge in [0.1, 0.15) is 0 Å². The Morgan fingerprint density at radius 2 is 2.31 bits per heavy atom. The SMILES string of the molecule is O=C[N-]CCCc1nc(C(=O)O)cs1.[W].[Y]. The average molecular weight is 486 g/mol. The minimum atomic E-state index is -1.01. The first-order valence-electron chi connectivity index (χ1n) is 4.02. The van der Waals surface area contributed by atoms with Crippen LogP contribution in [0.25, 0.3) is 5.32 Å². The number of carboxylic acid groups (broad SMARTS) is 1. The number of hydrogen-bond acceptors (Lipinski definition) is 4. The Morgan fingerprint density at radius 1 is 1.62 bits per heavy atom. The number of aryl methyl sites for hydroxylation is 1. The first kappa shape index (κ1) is 18.7. The molecule has 1 heterocycles. The van der Waals surface area contributed by atoms with Crippen LogP contribution in [0.15, 0.2) is 5.38 Å². The van der Waals surface area contributed by atoms with Gasteiger partial charge >= 0.3 is 5.97 Å². The number of aromatic carboxylic acids is 1. The van der Waals surface area contributed by atoms with Crippen LogP contribution in [0.3, 0.4) is 0 Å². The molecular weight excluding hydrogens is 477 g/mol. The molecule has 85 valence electrons. The number of carbonyl (C=O) groups excluding carboxylic acids is 1. The van der Waals surface area contributed by atoms with Gasteiger partial charge in [-0.2, -0.15) is 0 Å². The van der Waals surface area contributed by atoms with Crippen LogP contribution in [0.2, 0.25) is 0 Å². The average Bonchev–Trinajstić information content (AvgIpc) is 2.61. The smallest absolute Gasteiger partial charge is 0.355 e. The standard InChI is InChI=1S/C8H10N2O3S.W.Y/c11-5-9-3-1-2-7-10-6(4-14-7)8(12)13;;/h4-5H,1-3H2,(H2,9,11,12,13);;/p-1. The molecule has 1 aromatic rings. The Labute approximate surface area is 137 Å². The molecule has 0 spiro atoms. The van der Waals surface area contributed by atoms with Crippen molar-refractivity contribution in [3.8, 4) is 0 Å². The first-order valence-corrected chi connectivity index (χ1v) is 4.90. The molecule has 0 aliphatic heterocycles. The second-order valence-electron chi connectivity index (χ2n) is 2.55. The Balaban J connectivity index is 0. The van der Waals surface area contributed by atoms with Crippen LogP contribution in [0, 0.1) is 0 Å². The van der Waals surface area contributed by atoms with E-state index in [9.17, 15) is 9.59 Å². The van der Waals surface area contributed by atoms with Crippen LogP contribution in [-0.4, -0.2) is 29.0 Å². The predicted octanol–water partition coefficient (Wildman–Crippen LogP) is 1.30. The third-order valence-electron chi connectivity index (χ3n) is 1.52. The minimum absolute atomic E-state index is 0. The maximum absolute atomic E-state index is 10.5. The molecule has 0 aliphatic rings. The van der Waals surface area contributed by atoms with Gasteiger partial charge in [0.15, 0.2) is 5.69 Å². The normalized spacial score (nSPS) is 8.50. The summed E-state index contributed by atoms with van der Waals surface area (Å²) in [7, 11) is 0. The van der Waals surface area contributed by atoms with Crippen molar-refractivity contribution < 1.29 is 68.5 Å². The first-order chi connectivity index (χ1) is 6.74. The Kier molecular flexibility index (Phi) is 12.3. The molecule has 0 atom stereocenters. The predicted molar refractivity (Wildman–Crippen MR) is 51.7 cm³/mol. The molecular formula is C8H9N2O3SWY-. The summed E-state index contributed by atoms with van der Waals surface area (Å²) in [5, 5.41) is 14.4. The van der Waals surface area contributed by atoms with Crippen molar-refractivity contribution in [1.82, 2.24) is 4.98 Å². The second-order valence-corrected chi connectivity index (χ2v) is 3.49. The molecule has 1 radical (unpaired) electrons. The molecule has 0 saturated heterocycles. The number of amides is 1. The van der Waals surface area contributed by atoms with Gasteiger partial charge in [-0.25, -0.2) is 9.78 Å². The fraction of sp³-hybridized carbons (Fsp3) is 0.375. The van der Waals surface area contributed by atoms with Crippen molar-refractivity contribution >= 4 is 23.7 Å². The zero-order valence-corrected chi connectivity index (χ0v) is 14.9.